The third-order valence-corrected chi connectivity index (χ3v) is 4.49. The second-order valence-corrected chi connectivity index (χ2v) is 6.13. The Morgan fingerprint density at radius 2 is 2.00 bits per heavy atom. The fraction of sp³-hybridized carbons (Fsp3) is 0.353. The lowest BCUT2D eigenvalue weighted by Gasteiger charge is -2.25. The average Bonchev–Trinajstić information content (AvgIpc) is 3.23. The minimum absolute atomic E-state index is 0.0109. The van der Waals surface area contributed by atoms with Gasteiger partial charge in [-0.15, -0.1) is 0 Å². The first-order valence-corrected chi connectivity index (χ1v) is 7.70. The number of nitrogens with one attached hydrogen (secondary N) is 1. The summed E-state index contributed by atoms with van der Waals surface area (Å²) in [7, 11) is 0. The highest BCUT2D eigenvalue weighted by molar-refractivity contribution is 6.08. The van der Waals surface area contributed by atoms with Crippen LogP contribution in [0, 0.1) is 6.92 Å². The largest absolute Gasteiger partial charge is 0.451 e. The summed E-state index contributed by atoms with van der Waals surface area (Å²) in [6.07, 6.45) is 1.73. The van der Waals surface area contributed by atoms with Gasteiger partial charge in [0.1, 0.15) is 11.6 Å². The second-order valence-electron chi connectivity index (χ2n) is 6.13. The van der Waals surface area contributed by atoms with Crippen molar-refractivity contribution in [3.8, 4) is 0 Å². The molecule has 2 heterocycles. The quantitative estimate of drug-likeness (QED) is 0.876. The fourth-order valence-corrected chi connectivity index (χ4v) is 3.17. The molecule has 23 heavy (non-hydrogen) atoms. The van der Waals surface area contributed by atoms with Crippen molar-refractivity contribution in [2.24, 2.45) is 0 Å². The number of fused-ring (bicyclic) bond motifs is 1. The SMILES string of the molecule is Cc1c(C(=O)N(C2CC2)C2CC(=O)NC2=O)oc2ccccc12. The highest BCUT2D eigenvalue weighted by Gasteiger charge is 2.46. The molecule has 0 spiro atoms. The molecular weight excluding hydrogens is 296 g/mol. The van der Waals surface area contributed by atoms with Crippen LogP contribution in [0.3, 0.4) is 0 Å². The maximum atomic E-state index is 13.0. The fourth-order valence-electron chi connectivity index (χ4n) is 3.17. The number of carbonyl (C=O) groups excluding carboxylic acids is 3. The molecule has 118 valence electrons. The molecule has 1 aromatic heterocycles. The van der Waals surface area contributed by atoms with E-state index in [0.29, 0.717) is 5.58 Å². The third kappa shape index (κ3) is 2.21. The van der Waals surface area contributed by atoms with Gasteiger partial charge in [0.25, 0.3) is 5.91 Å². The first-order chi connectivity index (χ1) is 11.1. The molecule has 1 N–H and O–H groups in total. The summed E-state index contributed by atoms with van der Waals surface area (Å²) < 4.78 is 5.73. The van der Waals surface area contributed by atoms with Gasteiger partial charge in [-0.2, -0.15) is 0 Å². The minimum atomic E-state index is -0.727. The summed E-state index contributed by atoms with van der Waals surface area (Å²) in [4.78, 5) is 38.0. The van der Waals surface area contributed by atoms with Gasteiger partial charge in [0.05, 0.1) is 6.42 Å². The number of benzene rings is 1. The molecule has 6 nitrogen and oxygen atoms in total. The van der Waals surface area contributed by atoms with Gasteiger partial charge in [-0.25, -0.2) is 0 Å². The summed E-state index contributed by atoms with van der Waals surface area (Å²) in [5.41, 5.74) is 1.41. The Kier molecular flexibility index (Phi) is 3.01. The zero-order chi connectivity index (χ0) is 16.1. The first kappa shape index (κ1) is 14.0. The summed E-state index contributed by atoms with van der Waals surface area (Å²) in [5.74, 6) is -0.787. The van der Waals surface area contributed by atoms with Gasteiger partial charge in [-0.1, -0.05) is 18.2 Å². The van der Waals surface area contributed by atoms with E-state index in [4.69, 9.17) is 4.42 Å². The van der Waals surface area contributed by atoms with E-state index in [1.165, 1.54) is 4.90 Å². The molecule has 1 saturated heterocycles. The van der Waals surface area contributed by atoms with Crippen LogP contribution in [0.25, 0.3) is 11.0 Å². The molecule has 6 heteroatoms. The van der Waals surface area contributed by atoms with Crippen LogP contribution >= 0.6 is 0 Å². The number of imide groups is 1. The van der Waals surface area contributed by atoms with Crippen molar-refractivity contribution in [2.45, 2.75) is 38.3 Å². The summed E-state index contributed by atoms with van der Waals surface area (Å²) in [5, 5.41) is 3.16. The van der Waals surface area contributed by atoms with Crippen molar-refractivity contribution in [1.82, 2.24) is 10.2 Å². The minimum Gasteiger partial charge on any atom is -0.451 e. The second kappa shape index (κ2) is 4.94. The zero-order valence-corrected chi connectivity index (χ0v) is 12.7. The molecule has 2 aliphatic rings. The van der Waals surface area contributed by atoms with Crippen LogP contribution in [-0.4, -0.2) is 34.7 Å². The van der Waals surface area contributed by atoms with Gasteiger partial charge in [0.2, 0.25) is 11.8 Å². The van der Waals surface area contributed by atoms with Crippen LogP contribution in [0.5, 0.6) is 0 Å². The van der Waals surface area contributed by atoms with Crippen molar-refractivity contribution in [3.63, 3.8) is 0 Å². The molecule has 2 aromatic rings. The lowest BCUT2D eigenvalue weighted by molar-refractivity contribution is -0.126. The summed E-state index contributed by atoms with van der Waals surface area (Å²) in [6, 6.07) is 6.74. The number of nitrogens with zero attached hydrogens (tertiary/aromatic N) is 1. The van der Waals surface area contributed by atoms with E-state index in [1.807, 2.05) is 31.2 Å². The van der Waals surface area contributed by atoms with Crippen LogP contribution < -0.4 is 5.32 Å². The number of rotatable bonds is 3. The maximum Gasteiger partial charge on any atom is 0.290 e. The highest BCUT2D eigenvalue weighted by atomic mass is 16.3. The van der Waals surface area contributed by atoms with Gasteiger partial charge in [-0.3, -0.25) is 19.7 Å². The molecule has 1 aliphatic heterocycles. The zero-order valence-electron chi connectivity index (χ0n) is 12.7. The lowest BCUT2D eigenvalue weighted by Crippen LogP contribution is -2.46. The molecule has 3 amide bonds. The Morgan fingerprint density at radius 1 is 1.26 bits per heavy atom. The number of furan rings is 1. The normalized spacial score (nSPS) is 20.8. The highest BCUT2D eigenvalue weighted by Crippen LogP contribution is 2.34. The number of hydrogen-bond donors (Lipinski definition) is 1. The lowest BCUT2D eigenvalue weighted by atomic mass is 10.1. The molecule has 2 fully saturated rings. The number of aryl methyl sites for hydroxylation is 1. The summed E-state index contributed by atoms with van der Waals surface area (Å²) in [6.45, 7) is 1.84. The molecule has 1 aromatic carbocycles. The van der Waals surface area contributed by atoms with E-state index >= 15 is 0 Å². The van der Waals surface area contributed by atoms with E-state index < -0.39 is 11.9 Å². The molecule has 1 saturated carbocycles. The standard InChI is InChI=1S/C17H16N2O4/c1-9-11-4-2-3-5-13(11)23-15(9)17(22)19(10-6-7-10)12-8-14(20)18-16(12)21/h2-5,10,12H,6-8H2,1H3,(H,18,20,21). The Bertz CT molecular complexity index is 834. The van der Waals surface area contributed by atoms with Crippen LogP contribution in [0.4, 0.5) is 0 Å². The van der Waals surface area contributed by atoms with Crippen LogP contribution in [0.2, 0.25) is 0 Å². The molecule has 1 aliphatic carbocycles. The van der Waals surface area contributed by atoms with Crippen molar-refractivity contribution in [2.75, 3.05) is 0 Å². The summed E-state index contributed by atoms with van der Waals surface area (Å²) >= 11 is 0. The van der Waals surface area contributed by atoms with Gasteiger partial charge in [-0.05, 0) is 25.8 Å². The number of para-hydroxylation sites is 1. The first-order valence-electron chi connectivity index (χ1n) is 7.70. The molecular formula is C17H16N2O4. The predicted octanol–water partition coefficient (Wildman–Crippen LogP) is 1.76. The van der Waals surface area contributed by atoms with Gasteiger partial charge >= 0.3 is 0 Å². The predicted molar refractivity (Wildman–Crippen MR) is 81.7 cm³/mol. The third-order valence-electron chi connectivity index (χ3n) is 4.49. The van der Waals surface area contributed by atoms with Crippen molar-refractivity contribution in [1.29, 1.82) is 0 Å². The van der Waals surface area contributed by atoms with Crippen molar-refractivity contribution < 1.29 is 18.8 Å². The van der Waals surface area contributed by atoms with Crippen LogP contribution in [0.1, 0.15) is 35.4 Å². The maximum absolute atomic E-state index is 13.0. The van der Waals surface area contributed by atoms with Crippen molar-refractivity contribution >= 4 is 28.7 Å². The smallest absolute Gasteiger partial charge is 0.290 e. The Morgan fingerprint density at radius 3 is 2.61 bits per heavy atom. The van der Waals surface area contributed by atoms with E-state index in [-0.39, 0.29) is 30.0 Å². The van der Waals surface area contributed by atoms with Crippen molar-refractivity contribution in [3.05, 3.63) is 35.6 Å². The Balaban J connectivity index is 1.74. The van der Waals surface area contributed by atoms with E-state index in [0.717, 1.165) is 23.8 Å². The molecule has 4 rings (SSSR count). The number of carbonyl (C=O) groups is 3. The monoisotopic (exact) mass is 312 g/mol. The van der Waals surface area contributed by atoms with E-state index in [9.17, 15) is 14.4 Å². The Hall–Kier alpha value is -2.63. The number of hydrogen-bond acceptors (Lipinski definition) is 4. The van der Waals surface area contributed by atoms with Crippen LogP contribution in [-0.2, 0) is 9.59 Å². The van der Waals surface area contributed by atoms with Gasteiger partial charge < -0.3 is 9.32 Å². The molecule has 1 unspecified atom stereocenters. The average molecular weight is 312 g/mol. The van der Waals surface area contributed by atoms with E-state index in [1.54, 1.807) is 0 Å². The molecule has 0 radical (unpaired) electrons. The van der Waals surface area contributed by atoms with Gasteiger partial charge in [0.15, 0.2) is 5.76 Å². The molecule has 0 bridgehead atoms. The Labute approximate surface area is 132 Å². The number of amides is 3. The van der Waals surface area contributed by atoms with E-state index in [2.05, 4.69) is 5.32 Å². The topological polar surface area (TPSA) is 79.6 Å². The van der Waals surface area contributed by atoms with Gasteiger partial charge in [0, 0.05) is 17.0 Å². The van der Waals surface area contributed by atoms with Crippen LogP contribution in [0.15, 0.2) is 28.7 Å². The molecule has 1 atom stereocenters.